The van der Waals surface area contributed by atoms with Crippen LogP contribution in [0.3, 0.4) is 0 Å². The summed E-state index contributed by atoms with van der Waals surface area (Å²) in [4.78, 5) is 12.9. The summed E-state index contributed by atoms with van der Waals surface area (Å²) in [5, 5.41) is 18.2. The molecule has 0 fully saturated rings. The number of carbonyl (C=O) groups is 1. The van der Waals surface area contributed by atoms with Crippen molar-refractivity contribution in [2.75, 3.05) is 7.11 Å². The summed E-state index contributed by atoms with van der Waals surface area (Å²) < 4.78 is 5.16. The molecular weight excluding hydrogens is 312 g/mol. The minimum absolute atomic E-state index is 0.150. The standard InChI is InChI=1S/C21H20N2O2/c1-25-20(24)21(18-8-4-2-5-9-18,19-10-6-3-7-11-19)14-12-17(16-23)13-15-22/h2-11,17H,12-14H2,1H3. The maximum atomic E-state index is 12.9. The predicted octanol–water partition coefficient (Wildman–Crippen LogP) is 3.98. The lowest BCUT2D eigenvalue weighted by molar-refractivity contribution is -0.146. The molecular formula is C21H20N2O2. The van der Waals surface area contributed by atoms with Gasteiger partial charge < -0.3 is 4.74 Å². The van der Waals surface area contributed by atoms with Crippen molar-refractivity contribution >= 4 is 5.97 Å². The van der Waals surface area contributed by atoms with Crippen molar-refractivity contribution in [3.8, 4) is 12.1 Å². The molecule has 0 saturated heterocycles. The Hall–Kier alpha value is -3.11. The van der Waals surface area contributed by atoms with Crippen LogP contribution in [0.4, 0.5) is 0 Å². The predicted molar refractivity (Wildman–Crippen MR) is 94.2 cm³/mol. The Kier molecular flexibility index (Phi) is 6.32. The molecule has 4 heteroatoms. The van der Waals surface area contributed by atoms with Crippen LogP contribution in [0.15, 0.2) is 60.7 Å². The molecule has 1 unspecified atom stereocenters. The Labute approximate surface area is 148 Å². The third kappa shape index (κ3) is 3.87. The van der Waals surface area contributed by atoms with Gasteiger partial charge in [0.25, 0.3) is 0 Å². The van der Waals surface area contributed by atoms with Gasteiger partial charge in [0.15, 0.2) is 0 Å². The summed E-state index contributed by atoms with van der Waals surface area (Å²) in [7, 11) is 1.38. The zero-order chi connectivity index (χ0) is 18.1. The summed E-state index contributed by atoms with van der Waals surface area (Å²) in [5.41, 5.74) is 0.644. The van der Waals surface area contributed by atoms with E-state index in [2.05, 4.69) is 6.07 Å². The van der Waals surface area contributed by atoms with E-state index in [4.69, 9.17) is 10.00 Å². The van der Waals surface area contributed by atoms with Crippen LogP contribution in [-0.4, -0.2) is 13.1 Å². The maximum Gasteiger partial charge on any atom is 0.320 e. The van der Waals surface area contributed by atoms with Gasteiger partial charge in [-0.05, 0) is 24.0 Å². The van der Waals surface area contributed by atoms with E-state index >= 15 is 0 Å². The Morgan fingerprint density at radius 2 is 1.56 bits per heavy atom. The summed E-state index contributed by atoms with van der Waals surface area (Å²) in [5.74, 6) is -0.778. The van der Waals surface area contributed by atoms with Crippen LogP contribution in [0.2, 0.25) is 0 Å². The number of esters is 1. The summed E-state index contributed by atoms with van der Waals surface area (Å²) in [6.07, 6.45) is 0.980. The normalized spacial score (nSPS) is 11.8. The lowest BCUT2D eigenvalue weighted by atomic mass is 9.70. The first-order chi connectivity index (χ1) is 12.2. The molecule has 0 aliphatic heterocycles. The summed E-state index contributed by atoms with van der Waals surface area (Å²) in [6.45, 7) is 0. The number of nitriles is 2. The van der Waals surface area contributed by atoms with Gasteiger partial charge in [-0.1, -0.05) is 60.7 Å². The van der Waals surface area contributed by atoms with Crippen LogP contribution < -0.4 is 0 Å². The first-order valence-corrected chi connectivity index (χ1v) is 8.15. The molecule has 0 aliphatic rings. The summed E-state index contributed by atoms with van der Waals surface area (Å²) >= 11 is 0. The number of benzene rings is 2. The highest BCUT2D eigenvalue weighted by Gasteiger charge is 2.43. The van der Waals surface area contributed by atoms with Crippen molar-refractivity contribution in [2.24, 2.45) is 5.92 Å². The number of hydrogen-bond acceptors (Lipinski definition) is 4. The molecule has 0 aromatic heterocycles. The van der Waals surface area contributed by atoms with Crippen LogP contribution in [0.5, 0.6) is 0 Å². The fraction of sp³-hybridized carbons (Fsp3) is 0.286. The zero-order valence-corrected chi connectivity index (χ0v) is 14.2. The van der Waals surface area contributed by atoms with E-state index in [0.717, 1.165) is 11.1 Å². The maximum absolute atomic E-state index is 12.9. The third-order valence-corrected chi connectivity index (χ3v) is 4.46. The third-order valence-electron chi connectivity index (χ3n) is 4.46. The molecule has 0 spiro atoms. The number of hydrogen-bond donors (Lipinski definition) is 0. The molecule has 0 bridgehead atoms. The first-order valence-electron chi connectivity index (χ1n) is 8.15. The fourth-order valence-corrected chi connectivity index (χ4v) is 3.13. The van der Waals surface area contributed by atoms with Crippen molar-refractivity contribution in [3.63, 3.8) is 0 Å². The number of methoxy groups -OCH3 is 1. The molecule has 25 heavy (non-hydrogen) atoms. The van der Waals surface area contributed by atoms with Gasteiger partial charge in [0.2, 0.25) is 0 Å². The van der Waals surface area contributed by atoms with Gasteiger partial charge in [-0.3, -0.25) is 4.79 Å². The van der Waals surface area contributed by atoms with E-state index < -0.39 is 11.3 Å². The van der Waals surface area contributed by atoms with E-state index in [0.29, 0.717) is 12.8 Å². The van der Waals surface area contributed by atoms with Crippen LogP contribution >= 0.6 is 0 Å². The highest BCUT2D eigenvalue weighted by molar-refractivity contribution is 5.87. The smallest absolute Gasteiger partial charge is 0.320 e. The van der Waals surface area contributed by atoms with E-state index in [1.807, 2.05) is 66.7 Å². The van der Waals surface area contributed by atoms with Crippen LogP contribution in [0, 0.1) is 28.6 Å². The van der Waals surface area contributed by atoms with Gasteiger partial charge in [0, 0.05) is 0 Å². The number of rotatable bonds is 7. The average molecular weight is 332 g/mol. The van der Waals surface area contributed by atoms with Crippen molar-refractivity contribution in [1.82, 2.24) is 0 Å². The minimum atomic E-state index is -0.998. The second kappa shape index (κ2) is 8.66. The molecule has 4 nitrogen and oxygen atoms in total. The second-order valence-electron chi connectivity index (χ2n) is 5.86. The fourth-order valence-electron chi connectivity index (χ4n) is 3.13. The molecule has 0 amide bonds. The molecule has 2 aromatic carbocycles. The van der Waals surface area contributed by atoms with E-state index in [1.54, 1.807) is 0 Å². The molecule has 1 atom stereocenters. The molecule has 126 valence electrons. The largest absolute Gasteiger partial charge is 0.468 e. The lowest BCUT2D eigenvalue weighted by Gasteiger charge is -2.32. The first kappa shape index (κ1) is 18.2. The number of nitrogens with zero attached hydrogens (tertiary/aromatic N) is 2. The SMILES string of the molecule is COC(=O)C(CCC(C#N)CC#N)(c1ccccc1)c1ccccc1. The lowest BCUT2D eigenvalue weighted by Crippen LogP contribution is -2.38. The molecule has 0 aliphatic carbocycles. The van der Waals surface area contributed by atoms with E-state index in [9.17, 15) is 10.1 Å². The highest BCUT2D eigenvalue weighted by atomic mass is 16.5. The van der Waals surface area contributed by atoms with Crippen molar-refractivity contribution in [2.45, 2.75) is 24.7 Å². The van der Waals surface area contributed by atoms with Crippen molar-refractivity contribution in [1.29, 1.82) is 10.5 Å². The zero-order valence-electron chi connectivity index (χ0n) is 14.2. The van der Waals surface area contributed by atoms with Gasteiger partial charge in [0.05, 0.1) is 31.6 Å². The number of carbonyl (C=O) groups excluding carboxylic acids is 1. The van der Waals surface area contributed by atoms with Gasteiger partial charge in [-0.15, -0.1) is 0 Å². The van der Waals surface area contributed by atoms with E-state index in [1.165, 1.54) is 7.11 Å². The monoisotopic (exact) mass is 332 g/mol. The molecule has 0 heterocycles. The van der Waals surface area contributed by atoms with Crippen molar-refractivity contribution < 1.29 is 9.53 Å². The van der Waals surface area contributed by atoms with Crippen molar-refractivity contribution in [3.05, 3.63) is 71.8 Å². The number of ether oxygens (including phenoxy) is 1. The highest BCUT2D eigenvalue weighted by Crippen LogP contribution is 2.39. The summed E-state index contributed by atoms with van der Waals surface area (Å²) in [6, 6.07) is 23.1. The van der Waals surface area contributed by atoms with Gasteiger partial charge in [0.1, 0.15) is 5.41 Å². The average Bonchev–Trinajstić information content (AvgIpc) is 2.68. The van der Waals surface area contributed by atoms with E-state index in [-0.39, 0.29) is 12.4 Å². The Morgan fingerprint density at radius 3 is 1.96 bits per heavy atom. The second-order valence-corrected chi connectivity index (χ2v) is 5.86. The Morgan fingerprint density at radius 1 is 1.04 bits per heavy atom. The topological polar surface area (TPSA) is 73.9 Å². The minimum Gasteiger partial charge on any atom is -0.468 e. The molecule has 0 radical (unpaired) electrons. The Balaban J connectivity index is 2.55. The molecule has 0 saturated carbocycles. The Bertz CT molecular complexity index is 734. The van der Waals surface area contributed by atoms with Gasteiger partial charge in [-0.25, -0.2) is 0 Å². The molecule has 0 N–H and O–H groups in total. The van der Waals surface area contributed by atoms with Crippen LogP contribution in [0.25, 0.3) is 0 Å². The molecule has 2 aromatic rings. The van der Waals surface area contributed by atoms with Crippen LogP contribution in [0.1, 0.15) is 30.4 Å². The van der Waals surface area contributed by atoms with Crippen LogP contribution in [-0.2, 0) is 14.9 Å². The van der Waals surface area contributed by atoms with Gasteiger partial charge >= 0.3 is 5.97 Å². The molecule has 2 rings (SSSR count). The quantitative estimate of drug-likeness (QED) is 0.719. The van der Waals surface area contributed by atoms with Gasteiger partial charge in [-0.2, -0.15) is 10.5 Å².